The van der Waals surface area contributed by atoms with Crippen LogP contribution in [-0.2, 0) is 19.0 Å². The van der Waals surface area contributed by atoms with Crippen LogP contribution < -0.4 is 9.64 Å². The van der Waals surface area contributed by atoms with E-state index in [-0.39, 0.29) is 17.5 Å². The van der Waals surface area contributed by atoms with Crippen LogP contribution in [0.4, 0.5) is 10.2 Å². The zero-order valence-corrected chi connectivity index (χ0v) is 31.2. The third kappa shape index (κ3) is 7.51. The Morgan fingerprint density at radius 3 is 2.55 bits per heavy atom. The predicted molar refractivity (Wildman–Crippen MR) is 194 cm³/mol. The van der Waals surface area contributed by atoms with Crippen LogP contribution in [-0.4, -0.2) is 59.5 Å². The average molecular weight is 737 g/mol. The first-order valence-corrected chi connectivity index (χ1v) is 18.0. The van der Waals surface area contributed by atoms with Crippen molar-refractivity contribution in [3.63, 3.8) is 0 Å². The number of aromatic nitrogens is 2. The Morgan fingerprint density at radius 2 is 1.84 bits per heavy atom. The first-order chi connectivity index (χ1) is 23.3. The van der Waals surface area contributed by atoms with Crippen LogP contribution in [0.2, 0.25) is 0 Å². The molecule has 1 saturated heterocycles. The Hall–Kier alpha value is -3.47. The number of piperidine rings is 1. The van der Waals surface area contributed by atoms with Gasteiger partial charge in [-0.05, 0) is 131 Å². The summed E-state index contributed by atoms with van der Waals surface area (Å²) in [5, 5.41) is 0. The molecule has 0 unspecified atom stereocenters. The Morgan fingerprint density at radius 1 is 1.10 bits per heavy atom. The molecule has 49 heavy (non-hydrogen) atoms. The molecule has 3 aliphatic rings. The monoisotopic (exact) mass is 735 g/mol. The number of esters is 1. The summed E-state index contributed by atoms with van der Waals surface area (Å²) < 4.78 is 42.3. The van der Waals surface area contributed by atoms with Crippen molar-refractivity contribution in [2.45, 2.75) is 97.1 Å². The van der Waals surface area contributed by atoms with Gasteiger partial charge in [0.05, 0.1) is 24.4 Å². The number of imidazole rings is 1. The van der Waals surface area contributed by atoms with E-state index in [2.05, 4.69) is 39.1 Å². The van der Waals surface area contributed by atoms with Crippen molar-refractivity contribution in [2.24, 2.45) is 0 Å². The van der Waals surface area contributed by atoms with Crippen LogP contribution in [0, 0.1) is 12.7 Å². The number of methoxy groups -OCH3 is 1. The van der Waals surface area contributed by atoms with Crippen molar-refractivity contribution in [1.29, 1.82) is 0 Å². The number of carbonyl (C=O) groups is 1. The van der Waals surface area contributed by atoms with Crippen LogP contribution in [0.1, 0.15) is 84.0 Å². The topological polar surface area (TPSA) is 74.5 Å². The maximum absolute atomic E-state index is 14.7. The van der Waals surface area contributed by atoms with Crippen LogP contribution >= 0.6 is 15.9 Å². The van der Waals surface area contributed by atoms with Gasteiger partial charge in [0.1, 0.15) is 33.3 Å². The van der Waals surface area contributed by atoms with Gasteiger partial charge in [-0.1, -0.05) is 18.2 Å². The highest BCUT2D eigenvalue weighted by atomic mass is 79.9. The number of benzene rings is 2. The fraction of sp³-hybridized carbons (Fsp3) is 0.487. The van der Waals surface area contributed by atoms with Crippen molar-refractivity contribution in [2.75, 3.05) is 31.7 Å². The molecule has 0 radical (unpaired) electrons. The van der Waals surface area contributed by atoms with Gasteiger partial charge in [-0.15, -0.1) is 0 Å². The molecule has 0 saturated carbocycles. The molecule has 1 fully saturated rings. The van der Waals surface area contributed by atoms with Crippen LogP contribution in [0.25, 0.3) is 28.0 Å². The summed E-state index contributed by atoms with van der Waals surface area (Å²) in [5.41, 5.74) is 4.53. The number of fused-ring (bicyclic) bond motifs is 8. The molecule has 4 aromatic rings. The highest BCUT2D eigenvalue weighted by Gasteiger charge is 2.38. The zero-order valence-electron chi connectivity index (χ0n) is 29.6. The SMILES string of the molecule is COC(=O)[C@@H](OC(C)(C)C)c1c(C)cc2nc3c(Br)n2c1N1CCC(C)(CC1)OCCCC[C@H](C)Oc1ccc(F)cc1-c1cccc-3c1. The van der Waals surface area contributed by atoms with Crippen LogP contribution in [0.15, 0.2) is 53.1 Å². The number of hydrogen-bond acceptors (Lipinski definition) is 7. The van der Waals surface area contributed by atoms with Gasteiger partial charge >= 0.3 is 5.97 Å². The van der Waals surface area contributed by atoms with Gasteiger partial charge in [-0.2, -0.15) is 0 Å². The minimum atomic E-state index is -0.964. The second-order valence-electron chi connectivity index (χ2n) is 14.6. The lowest BCUT2D eigenvalue weighted by atomic mass is 9.92. The normalized spacial score (nSPS) is 20.9. The molecular formula is C39H47BrFN3O5. The Kier molecular flexibility index (Phi) is 10.1. The van der Waals surface area contributed by atoms with E-state index in [9.17, 15) is 9.18 Å². The maximum atomic E-state index is 14.7. The molecule has 5 heterocycles. The quantitative estimate of drug-likeness (QED) is 0.194. The van der Waals surface area contributed by atoms with E-state index in [0.29, 0.717) is 31.0 Å². The summed E-state index contributed by atoms with van der Waals surface area (Å²) in [7, 11) is 1.39. The van der Waals surface area contributed by atoms with Gasteiger partial charge in [0.15, 0.2) is 6.10 Å². The molecule has 0 N–H and O–H groups in total. The Bertz CT molecular complexity index is 1840. The van der Waals surface area contributed by atoms with Crippen LogP contribution in [0.5, 0.6) is 5.75 Å². The minimum Gasteiger partial charge on any atom is -0.490 e. The summed E-state index contributed by atoms with van der Waals surface area (Å²) in [6.45, 7) is 14.2. The summed E-state index contributed by atoms with van der Waals surface area (Å²) in [6, 6.07) is 14.6. The Balaban J connectivity index is 1.58. The number of hydrogen-bond donors (Lipinski definition) is 0. The van der Waals surface area contributed by atoms with E-state index in [4.69, 9.17) is 23.9 Å². The molecule has 2 aromatic carbocycles. The molecule has 2 aromatic heterocycles. The molecule has 0 spiro atoms. The lowest BCUT2D eigenvalue weighted by molar-refractivity contribution is -0.164. The third-order valence-electron chi connectivity index (χ3n) is 9.51. The largest absolute Gasteiger partial charge is 0.490 e. The summed E-state index contributed by atoms with van der Waals surface area (Å²) in [5.74, 6) is 0.682. The first kappa shape index (κ1) is 35.4. The molecule has 7 rings (SSSR count). The number of rotatable bonds is 3. The number of halogens is 2. The molecule has 6 bridgehead atoms. The van der Waals surface area contributed by atoms with E-state index < -0.39 is 17.7 Å². The third-order valence-corrected chi connectivity index (χ3v) is 10.2. The van der Waals surface area contributed by atoms with Crippen molar-refractivity contribution >= 4 is 33.4 Å². The fourth-order valence-electron chi connectivity index (χ4n) is 6.92. The molecule has 10 heteroatoms. The minimum absolute atomic E-state index is 0.0451. The molecule has 2 atom stereocenters. The second-order valence-corrected chi connectivity index (χ2v) is 15.3. The number of anilines is 1. The fourth-order valence-corrected chi connectivity index (χ4v) is 7.58. The van der Waals surface area contributed by atoms with Crippen molar-refractivity contribution in [3.05, 3.63) is 70.1 Å². The average Bonchev–Trinajstić information content (AvgIpc) is 3.38. The second kappa shape index (κ2) is 14.0. The van der Waals surface area contributed by atoms with E-state index in [1.54, 1.807) is 6.07 Å². The van der Waals surface area contributed by atoms with Gasteiger partial charge in [0, 0.05) is 36.4 Å². The standard InChI is InChI=1S/C39H47BrFN3O5/c1-24-21-31-42-33-27-13-10-12-26(22-27)29-23-28(41)14-15-30(29)48-25(2)11-8-9-20-47-39(6)16-18-43(19-17-39)36(44(31)35(33)40)32(24)34(37(45)46-7)49-38(3,4)5/h10,12-15,21-23,25,34H,8-9,11,16-20H2,1-7H3/t25-,34-/m0/s1. The molecule has 0 amide bonds. The van der Waals surface area contributed by atoms with Gasteiger partial charge in [-0.3, -0.25) is 4.40 Å². The Labute approximate surface area is 297 Å². The molecule has 3 aliphatic heterocycles. The predicted octanol–water partition coefficient (Wildman–Crippen LogP) is 9.23. The lowest BCUT2D eigenvalue weighted by Gasteiger charge is -2.42. The van der Waals surface area contributed by atoms with E-state index >= 15 is 0 Å². The highest BCUT2D eigenvalue weighted by Crippen LogP contribution is 2.43. The van der Waals surface area contributed by atoms with E-state index in [0.717, 1.165) is 76.1 Å². The molecule has 0 aliphatic carbocycles. The zero-order chi connectivity index (χ0) is 35.1. The number of pyridine rings is 1. The number of carbonyl (C=O) groups excluding carboxylic acids is 1. The van der Waals surface area contributed by atoms with Gasteiger partial charge in [-0.25, -0.2) is 14.2 Å². The lowest BCUT2D eigenvalue weighted by Crippen LogP contribution is -2.45. The summed E-state index contributed by atoms with van der Waals surface area (Å²) in [6.07, 6.45) is 3.36. The van der Waals surface area contributed by atoms with Crippen molar-refractivity contribution < 1.29 is 28.1 Å². The van der Waals surface area contributed by atoms with Crippen molar-refractivity contribution in [3.8, 4) is 28.1 Å². The number of ether oxygens (including phenoxy) is 4. The van der Waals surface area contributed by atoms with E-state index in [1.807, 2.05) is 58.0 Å². The maximum Gasteiger partial charge on any atom is 0.339 e. The van der Waals surface area contributed by atoms with Crippen molar-refractivity contribution in [1.82, 2.24) is 9.38 Å². The number of nitrogens with zero attached hydrogens (tertiary/aromatic N) is 3. The smallest absolute Gasteiger partial charge is 0.339 e. The van der Waals surface area contributed by atoms with E-state index in [1.165, 1.54) is 19.2 Å². The number of aryl methyl sites for hydroxylation is 1. The molecular weight excluding hydrogens is 689 g/mol. The van der Waals surface area contributed by atoms with Crippen LogP contribution in [0.3, 0.4) is 0 Å². The highest BCUT2D eigenvalue weighted by molar-refractivity contribution is 9.10. The van der Waals surface area contributed by atoms with Gasteiger partial charge in [0.25, 0.3) is 0 Å². The summed E-state index contributed by atoms with van der Waals surface area (Å²) in [4.78, 5) is 21.0. The van der Waals surface area contributed by atoms with Gasteiger partial charge < -0.3 is 23.8 Å². The first-order valence-electron chi connectivity index (χ1n) is 17.2. The summed E-state index contributed by atoms with van der Waals surface area (Å²) >= 11 is 3.94. The molecule has 262 valence electrons. The molecule has 8 nitrogen and oxygen atoms in total. The van der Waals surface area contributed by atoms with Gasteiger partial charge in [0.2, 0.25) is 0 Å².